The van der Waals surface area contributed by atoms with Crippen LogP contribution in [0.2, 0.25) is 0 Å². The molecule has 0 aromatic rings. The van der Waals surface area contributed by atoms with Crippen molar-refractivity contribution in [3.8, 4) is 0 Å². The Bertz CT molecular complexity index is 290. The molecule has 3 aliphatic rings. The first-order chi connectivity index (χ1) is 8.80. The molecule has 0 aromatic carbocycles. The van der Waals surface area contributed by atoms with Gasteiger partial charge in [-0.25, -0.2) is 0 Å². The molecule has 3 fully saturated rings. The Kier molecular flexibility index (Phi) is 3.65. The van der Waals surface area contributed by atoms with Gasteiger partial charge in [-0.05, 0) is 45.4 Å². The lowest BCUT2D eigenvalue weighted by molar-refractivity contribution is -0.176. The van der Waals surface area contributed by atoms with Crippen molar-refractivity contribution in [3.63, 3.8) is 0 Å². The summed E-state index contributed by atoms with van der Waals surface area (Å²) in [7, 11) is 1.85. The second-order valence-corrected chi connectivity index (χ2v) is 6.30. The Morgan fingerprint density at radius 1 is 1.22 bits per heavy atom. The van der Waals surface area contributed by atoms with Gasteiger partial charge in [0.15, 0.2) is 0 Å². The molecule has 0 radical (unpaired) electrons. The monoisotopic (exact) mass is 253 g/mol. The first-order valence-electron chi connectivity index (χ1n) is 7.70. The van der Waals surface area contributed by atoms with Crippen LogP contribution in [0.3, 0.4) is 0 Å². The highest BCUT2D eigenvalue weighted by atomic mass is 16.5. The van der Waals surface area contributed by atoms with Gasteiger partial charge >= 0.3 is 0 Å². The smallest absolute Gasteiger partial charge is 0.0724 e. The van der Waals surface area contributed by atoms with E-state index in [0.29, 0.717) is 29.7 Å². The number of nitrogens with one attached hydrogen (secondary N) is 1. The molecule has 4 atom stereocenters. The molecule has 0 aliphatic heterocycles. The van der Waals surface area contributed by atoms with Gasteiger partial charge in [-0.2, -0.15) is 0 Å². The van der Waals surface area contributed by atoms with Crippen LogP contribution >= 0.6 is 0 Å². The number of methoxy groups -OCH3 is 1. The van der Waals surface area contributed by atoms with E-state index < -0.39 is 0 Å². The molecule has 104 valence electrons. The fourth-order valence-corrected chi connectivity index (χ4v) is 4.33. The number of ether oxygens (including phenoxy) is 2. The van der Waals surface area contributed by atoms with E-state index in [2.05, 4.69) is 12.2 Å². The predicted molar refractivity (Wildman–Crippen MR) is 71.7 cm³/mol. The summed E-state index contributed by atoms with van der Waals surface area (Å²) in [5.41, 5.74) is 0.483. The number of hydrogen-bond donors (Lipinski definition) is 1. The molecule has 3 nitrogen and oxygen atoms in total. The summed E-state index contributed by atoms with van der Waals surface area (Å²) in [5, 5.41) is 3.89. The average Bonchev–Trinajstić information content (AvgIpc) is 2.72. The van der Waals surface area contributed by atoms with Crippen LogP contribution in [0.5, 0.6) is 0 Å². The van der Waals surface area contributed by atoms with Crippen molar-refractivity contribution in [1.82, 2.24) is 5.32 Å². The molecule has 3 rings (SSSR count). The largest absolute Gasteiger partial charge is 0.380 e. The zero-order chi connectivity index (χ0) is 12.6. The normalized spacial score (nSPS) is 41.7. The molecule has 0 aromatic heterocycles. The number of rotatable bonds is 5. The summed E-state index contributed by atoms with van der Waals surface area (Å²) >= 11 is 0. The molecule has 0 bridgehead atoms. The second-order valence-electron chi connectivity index (χ2n) is 6.30. The molecule has 3 aliphatic carbocycles. The van der Waals surface area contributed by atoms with E-state index in [-0.39, 0.29) is 0 Å². The summed E-state index contributed by atoms with van der Waals surface area (Å²) in [5.74, 6) is 0. The van der Waals surface area contributed by atoms with E-state index in [1.54, 1.807) is 0 Å². The van der Waals surface area contributed by atoms with E-state index >= 15 is 0 Å². The van der Waals surface area contributed by atoms with Crippen LogP contribution < -0.4 is 5.32 Å². The molecule has 3 saturated carbocycles. The first kappa shape index (κ1) is 12.9. The lowest BCUT2D eigenvalue weighted by atomic mass is 9.51. The maximum absolute atomic E-state index is 5.91. The zero-order valence-corrected chi connectivity index (χ0v) is 11.8. The maximum atomic E-state index is 5.91. The molecule has 18 heavy (non-hydrogen) atoms. The molecule has 3 heteroatoms. The molecule has 1 spiro atoms. The van der Waals surface area contributed by atoms with Gasteiger partial charge in [-0.1, -0.05) is 6.42 Å². The van der Waals surface area contributed by atoms with Crippen LogP contribution in [-0.2, 0) is 9.47 Å². The maximum Gasteiger partial charge on any atom is 0.0724 e. The average molecular weight is 253 g/mol. The van der Waals surface area contributed by atoms with Crippen LogP contribution in [-0.4, -0.2) is 38.0 Å². The van der Waals surface area contributed by atoms with E-state index in [0.717, 1.165) is 6.61 Å². The summed E-state index contributed by atoms with van der Waals surface area (Å²) < 4.78 is 11.5. The minimum absolute atomic E-state index is 0.438. The SMILES string of the molecule is CCOC1CC(NC2CCCC2OC)C12CCC2. The molecule has 4 unspecified atom stereocenters. The Labute approximate surface area is 111 Å². The lowest BCUT2D eigenvalue weighted by Crippen LogP contribution is -2.68. The predicted octanol–water partition coefficient (Wildman–Crippen LogP) is 2.49. The topological polar surface area (TPSA) is 30.5 Å². The Morgan fingerprint density at radius 2 is 2.06 bits per heavy atom. The number of hydrogen-bond acceptors (Lipinski definition) is 3. The summed E-state index contributed by atoms with van der Waals surface area (Å²) in [6, 6.07) is 1.27. The zero-order valence-electron chi connectivity index (χ0n) is 11.8. The summed E-state index contributed by atoms with van der Waals surface area (Å²) in [4.78, 5) is 0. The van der Waals surface area contributed by atoms with Gasteiger partial charge in [0.25, 0.3) is 0 Å². The van der Waals surface area contributed by atoms with Crippen molar-refractivity contribution in [2.45, 2.75) is 76.2 Å². The Morgan fingerprint density at radius 3 is 2.67 bits per heavy atom. The van der Waals surface area contributed by atoms with E-state index in [1.165, 1.54) is 44.9 Å². The third-order valence-electron chi connectivity index (χ3n) is 5.61. The van der Waals surface area contributed by atoms with Crippen molar-refractivity contribution in [3.05, 3.63) is 0 Å². The van der Waals surface area contributed by atoms with Gasteiger partial charge in [0, 0.05) is 31.2 Å². The van der Waals surface area contributed by atoms with Gasteiger partial charge in [0.05, 0.1) is 12.2 Å². The third kappa shape index (κ3) is 1.91. The highest BCUT2D eigenvalue weighted by molar-refractivity contribution is 5.13. The minimum atomic E-state index is 0.438. The van der Waals surface area contributed by atoms with Crippen molar-refractivity contribution in [2.75, 3.05) is 13.7 Å². The summed E-state index contributed by atoms with van der Waals surface area (Å²) in [6.07, 6.45) is 10.1. The van der Waals surface area contributed by atoms with Crippen molar-refractivity contribution < 1.29 is 9.47 Å². The van der Waals surface area contributed by atoms with Crippen LogP contribution in [0.4, 0.5) is 0 Å². The molecule has 1 N–H and O–H groups in total. The minimum Gasteiger partial charge on any atom is -0.380 e. The molecule has 0 heterocycles. The quantitative estimate of drug-likeness (QED) is 0.816. The van der Waals surface area contributed by atoms with Gasteiger partial charge in [-0.15, -0.1) is 0 Å². The van der Waals surface area contributed by atoms with Gasteiger partial charge in [0.1, 0.15) is 0 Å². The molecule has 0 saturated heterocycles. The Hall–Kier alpha value is -0.120. The fourth-order valence-electron chi connectivity index (χ4n) is 4.33. The first-order valence-corrected chi connectivity index (χ1v) is 7.70. The van der Waals surface area contributed by atoms with Crippen LogP contribution in [0.1, 0.15) is 51.9 Å². The van der Waals surface area contributed by atoms with E-state index in [1.807, 2.05) is 7.11 Å². The van der Waals surface area contributed by atoms with E-state index in [9.17, 15) is 0 Å². The lowest BCUT2D eigenvalue weighted by Gasteiger charge is -2.62. The van der Waals surface area contributed by atoms with Crippen molar-refractivity contribution in [1.29, 1.82) is 0 Å². The van der Waals surface area contributed by atoms with Crippen molar-refractivity contribution >= 4 is 0 Å². The highest BCUT2D eigenvalue weighted by Gasteiger charge is 2.59. The van der Waals surface area contributed by atoms with Gasteiger partial charge < -0.3 is 14.8 Å². The third-order valence-corrected chi connectivity index (χ3v) is 5.61. The van der Waals surface area contributed by atoms with Gasteiger partial charge in [0.2, 0.25) is 0 Å². The molecular weight excluding hydrogens is 226 g/mol. The molecule has 0 amide bonds. The van der Waals surface area contributed by atoms with E-state index in [4.69, 9.17) is 9.47 Å². The highest BCUT2D eigenvalue weighted by Crippen LogP contribution is 2.57. The Balaban J connectivity index is 1.57. The van der Waals surface area contributed by atoms with Crippen molar-refractivity contribution in [2.24, 2.45) is 5.41 Å². The summed E-state index contributed by atoms with van der Waals surface area (Å²) in [6.45, 7) is 2.98. The van der Waals surface area contributed by atoms with Crippen LogP contribution in [0.25, 0.3) is 0 Å². The standard InChI is InChI=1S/C15H27NO2/c1-3-18-14-10-13(15(14)8-5-9-15)16-11-6-4-7-12(11)17-2/h11-14,16H,3-10H2,1-2H3. The van der Waals surface area contributed by atoms with Crippen LogP contribution in [0, 0.1) is 5.41 Å². The van der Waals surface area contributed by atoms with Gasteiger partial charge in [-0.3, -0.25) is 0 Å². The van der Waals surface area contributed by atoms with Crippen LogP contribution in [0.15, 0.2) is 0 Å². The second kappa shape index (κ2) is 5.10. The molecular formula is C15H27NO2. The fraction of sp³-hybridized carbons (Fsp3) is 1.00.